The van der Waals surface area contributed by atoms with Crippen molar-refractivity contribution in [3.05, 3.63) is 24.8 Å². The molecule has 1 fully saturated rings. The molecule has 1 amide bonds. The Kier molecular flexibility index (Phi) is 7.00. The molecule has 3 atom stereocenters. The number of unbranched alkanes of at least 4 members (excludes halogenated alkanes) is 1. The fraction of sp³-hybridized carbons (Fsp3) is 0.706. The van der Waals surface area contributed by atoms with Crippen LogP contribution in [0.2, 0.25) is 0 Å². The van der Waals surface area contributed by atoms with Gasteiger partial charge in [0.25, 0.3) is 0 Å². The van der Waals surface area contributed by atoms with Gasteiger partial charge in [-0.1, -0.05) is 38.0 Å². The summed E-state index contributed by atoms with van der Waals surface area (Å²) in [5.74, 6) is 0.247. The fourth-order valence-corrected chi connectivity index (χ4v) is 3.25. The fourth-order valence-electron chi connectivity index (χ4n) is 3.25. The maximum Gasteiger partial charge on any atom is 0.220 e. The van der Waals surface area contributed by atoms with Gasteiger partial charge in [-0.3, -0.25) is 4.79 Å². The predicted molar refractivity (Wildman–Crippen MR) is 83.4 cm³/mol. The van der Waals surface area contributed by atoms with E-state index in [0.717, 1.165) is 32.1 Å². The molecule has 0 radical (unpaired) electrons. The number of nitrogens with one attached hydrogen (secondary N) is 1. The number of hydrogen-bond acceptors (Lipinski definition) is 2. The molecule has 0 spiro atoms. The van der Waals surface area contributed by atoms with E-state index in [9.17, 15) is 9.90 Å². The van der Waals surface area contributed by atoms with Crippen LogP contribution in [-0.2, 0) is 4.79 Å². The monoisotopic (exact) mass is 279 g/mol. The standard InChI is InChI=1S/C17H29NO2/c1-4-7-11-14(9-5-2)17(15(19)10-6-3)13-8-12-16(20)18-17/h5-6,9,14-15,19H,3-4,7-8,10-13H2,1-2H3,(H,18,20)/b9-5+/t14-,15?,17-/m0/s1. The Morgan fingerprint density at radius 1 is 1.55 bits per heavy atom. The lowest BCUT2D eigenvalue weighted by Crippen LogP contribution is -2.62. The molecular formula is C17H29NO2. The molecule has 1 rings (SSSR count). The number of allylic oxidation sites excluding steroid dienone is 1. The van der Waals surface area contributed by atoms with Crippen molar-refractivity contribution < 1.29 is 9.90 Å². The van der Waals surface area contributed by atoms with E-state index in [0.29, 0.717) is 12.8 Å². The van der Waals surface area contributed by atoms with Crippen molar-refractivity contribution >= 4 is 5.91 Å². The molecule has 1 aliphatic heterocycles. The topological polar surface area (TPSA) is 49.3 Å². The number of piperidine rings is 1. The van der Waals surface area contributed by atoms with E-state index in [2.05, 4.69) is 24.9 Å². The van der Waals surface area contributed by atoms with E-state index >= 15 is 0 Å². The Balaban J connectivity index is 3.04. The van der Waals surface area contributed by atoms with Crippen molar-refractivity contribution in [2.24, 2.45) is 5.92 Å². The molecule has 3 heteroatoms. The molecule has 0 saturated carbocycles. The minimum Gasteiger partial charge on any atom is -0.390 e. The van der Waals surface area contributed by atoms with Gasteiger partial charge < -0.3 is 10.4 Å². The molecule has 1 unspecified atom stereocenters. The Labute approximate surface area is 123 Å². The SMILES string of the molecule is C=CCC(O)[C@@]1([C@@H](/C=C/C)CCCC)CCCC(=O)N1. The Morgan fingerprint density at radius 3 is 2.85 bits per heavy atom. The maximum atomic E-state index is 11.9. The van der Waals surface area contributed by atoms with Crippen molar-refractivity contribution in [1.29, 1.82) is 0 Å². The highest BCUT2D eigenvalue weighted by atomic mass is 16.3. The van der Waals surface area contributed by atoms with Gasteiger partial charge in [0.1, 0.15) is 0 Å². The van der Waals surface area contributed by atoms with Gasteiger partial charge in [-0.05, 0) is 32.6 Å². The van der Waals surface area contributed by atoms with Crippen LogP contribution < -0.4 is 5.32 Å². The number of rotatable bonds is 8. The average molecular weight is 279 g/mol. The van der Waals surface area contributed by atoms with Crippen LogP contribution >= 0.6 is 0 Å². The van der Waals surface area contributed by atoms with Crippen LogP contribution in [0.3, 0.4) is 0 Å². The van der Waals surface area contributed by atoms with Gasteiger partial charge in [0.15, 0.2) is 0 Å². The lowest BCUT2D eigenvalue weighted by molar-refractivity contribution is -0.129. The minimum atomic E-state index is -0.567. The zero-order valence-electron chi connectivity index (χ0n) is 12.9. The Bertz CT molecular complexity index is 351. The first-order valence-electron chi connectivity index (χ1n) is 7.83. The van der Waals surface area contributed by atoms with Gasteiger partial charge in [0, 0.05) is 12.3 Å². The quantitative estimate of drug-likeness (QED) is 0.669. The smallest absolute Gasteiger partial charge is 0.220 e. The average Bonchev–Trinajstić information content (AvgIpc) is 2.43. The molecule has 3 nitrogen and oxygen atoms in total. The summed E-state index contributed by atoms with van der Waals surface area (Å²) >= 11 is 0. The van der Waals surface area contributed by atoms with Crippen molar-refractivity contribution in [2.45, 2.75) is 70.4 Å². The van der Waals surface area contributed by atoms with E-state index in [-0.39, 0.29) is 11.8 Å². The molecule has 0 aromatic heterocycles. The van der Waals surface area contributed by atoms with E-state index in [1.807, 2.05) is 13.0 Å². The maximum absolute atomic E-state index is 11.9. The highest BCUT2D eigenvalue weighted by molar-refractivity contribution is 5.78. The molecule has 0 bridgehead atoms. The molecule has 0 aromatic carbocycles. The minimum absolute atomic E-state index is 0.0605. The van der Waals surface area contributed by atoms with Crippen LogP contribution in [-0.4, -0.2) is 22.7 Å². The molecule has 0 aromatic rings. The van der Waals surface area contributed by atoms with Gasteiger partial charge in [0.05, 0.1) is 11.6 Å². The molecule has 114 valence electrons. The van der Waals surface area contributed by atoms with Crippen LogP contribution in [0.25, 0.3) is 0 Å². The van der Waals surface area contributed by atoms with Crippen molar-refractivity contribution in [3.8, 4) is 0 Å². The van der Waals surface area contributed by atoms with Gasteiger partial charge in [-0.25, -0.2) is 0 Å². The molecule has 0 aliphatic carbocycles. The number of aliphatic hydroxyl groups excluding tert-OH is 1. The summed E-state index contributed by atoms with van der Waals surface area (Å²) < 4.78 is 0. The van der Waals surface area contributed by atoms with Crippen molar-refractivity contribution in [1.82, 2.24) is 5.32 Å². The number of hydrogen-bond donors (Lipinski definition) is 2. The summed E-state index contributed by atoms with van der Waals surface area (Å²) in [7, 11) is 0. The van der Waals surface area contributed by atoms with Gasteiger partial charge in [-0.2, -0.15) is 0 Å². The van der Waals surface area contributed by atoms with Crippen LogP contribution in [0.4, 0.5) is 0 Å². The van der Waals surface area contributed by atoms with E-state index in [1.165, 1.54) is 0 Å². The summed E-state index contributed by atoms with van der Waals surface area (Å²) in [6.07, 6.45) is 11.3. The summed E-state index contributed by atoms with van der Waals surface area (Å²) in [6.45, 7) is 7.89. The first-order chi connectivity index (χ1) is 9.60. The van der Waals surface area contributed by atoms with E-state index in [1.54, 1.807) is 6.08 Å². The highest BCUT2D eigenvalue weighted by Crippen LogP contribution is 2.36. The molecule has 2 N–H and O–H groups in total. The van der Waals surface area contributed by atoms with Gasteiger partial charge >= 0.3 is 0 Å². The largest absolute Gasteiger partial charge is 0.390 e. The van der Waals surface area contributed by atoms with E-state index < -0.39 is 11.6 Å². The number of aliphatic hydroxyl groups is 1. The molecule has 1 heterocycles. The second-order valence-corrected chi connectivity index (χ2v) is 5.76. The molecular weight excluding hydrogens is 250 g/mol. The number of carbonyl (C=O) groups excluding carboxylic acids is 1. The predicted octanol–water partition coefficient (Wildman–Crippen LogP) is 3.34. The number of carbonyl (C=O) groups is 1. The van der Waals surface area contributed by atoms with Crippen LogP contribution in [0.15, 0.2) is 24.8 Å². The first-order valence-corrected chi connectivity index (χ1v) is 7.83. The Morgan fingerprint density at radius 2 is 2.30 bits per heavy atom. The Hall–Kier alpha value is -1.09. The van der Waals surface area contributed by atoms with Crippen molar-refractivity contribution in [2.75, 3.05) is 0 Å². The zero-order chi connectivity index (χ0) is 15.0. The third-order valence-corrected chi connectivity index (χ3v) is 4.31. The van der Waals surface area contributed by atoms with Crippen LogP contribution in [0.5, 0.6) is 0 Å². The van der Waals surface area contributed by atoms with Crippen LogP contribution in [0, 0.1) is 5.92 Å². The third kappa shape index (κ3) is 3.95. The van der Waals surface area contributed by atoms with Gasteiger partial charge in [-0.15, -0.1) is 6.58 Å². The van der Waals surface area contributed by atoms with Gasteiger partial charge in [0.2, 0.25) is 5.91 Å². The summed E-state index contributed by atoms with van der Waals surface area (Å²) in [4.78, 5) is 11.9. The third-order valence-electron chi connectivity index (χ3n) is 4.31. The number of amides is 1. The summed E-state index contributed by atoms with van der Waals surface area (Å²) in [5, 5.41) is 13.7. The molecule has 1 aliphatic rings. The molecule has 1 saturated heterocycles. The van der Waals surface area contributed by atoms with Crippen LogP contribution in [0.1, 0.15) is 58.8 Å². The lowest BCUT2D eigenvalue weighted by Gasteiger charge is -2.46. The highest BCUT2D eigenvalue weighted by Gasteiger charge is 2.45. The second-order valence-electron chi connectivity index (χ2n) is 5.76. The molecule has 20 heavy (non-hydrogen) atoms. The summed E-state index contributed by atoms with van der Waals surface area (Å²) in [5.41, 5.74) is -0.523. The summed E-state index contributed by atoms with van der Waals surface area (Å²) in [6, 6.07) is 0. The van der Waals surface area contributed by atoms with E-state index in [4.69, 9.17) is 0 Å². The second kappa shape index (κ2) is 8.25. The first kappa shape index (κ1) is 17.0. The lowest BCUT2D eigenvalue weighted by atomic mass is 9.70. The van der Waals surface area contributed by atoms with Crippen molar-refractivity contribution in [3.63, 3.8) is 0 Å². The normalized spacial score (nSPS) is 26.2. The zero-order valence-corrected chi connectivity index (χ0v) is 12.9.